The first-order chi connectivity index (χ1) is 10.7. The Morgan fingerprint density at radius 1 is 0.955 bits per heavy atom. The number of anilines is 1. The first kappa shape index (κ1) is 14.5. The van der Waals surface area contributed by atoms with Crippen molar-refractivity contribution >= 4 is 34.8 Å². The maximum atomic E-state index is 12.4. The molecule has 0 bridgehead atoms. The summed E-state index contributed by atoms with van der Waals surface area (Å²) in [4.78, 5) is 30.0. The highest BCUT2D eigenvalue weighted by Gasteiger charge is 2.44. The Kier molecular flexibility index (Phi) is 4.02. The number of imide groups is 1. The second kappa shape index (κ2) is 6.12. The minimum absolute atomic E-state index is 0.0966. The summed E-state index contributed by atoms with van der Waals surface area (Å²) in [6.07, 6.45) is 0. The summed E-state index contributed by atoms with van der Waals surface area (Å²) >= 11 is 6.09. The average Bonchev–Trinajstić information content (AvgIpc) is 2.77. The molecule has 0 aliphatic carbocycles. The van der Waals surface area contributed by atoms with E-state index in [1.54, 1.807) is 24.3 Å². The van der Waals surface area contributed by atoms with E-state index in [2.05, 4.69) is 4.99 Å². The Bertz CT molecular complexity index is 729. The van der Waals surface area contributed by atoms with Crippen molar-refractivity contribution in [3.8, 4) is 0 Å². The van der Waals surface area contributed by atoms with E-state index in [4.69, 9.17) is 11.6 Å². The SMILES string of the molecule is O=C1C(=NCc2ccccc2)C(Cl)C(=O)N1c1ccccc1. The number of carbonyl (C=O) groups is 2. The molecule has 0 spiro atoms. The molecule has 4 nitrogen and oxygen atoms in total. The van der Waals surface area contributed by atoms with Gasteiger partial charge in [0.05, 0.1) is 12.2 Å². The van der Waals surface area contributed by atoms with E-state index in [1.807, 2.05) is 36.4 Å². The van der Waals surface area contributed by atoms with Gasteiger partial charge in [-0.3, -0.25) is 14.6 Å². The normalized spacial score (nSPS) is 20.0. The van der Waals surface area contributed by atoms with Gasteiger partial charge in [0.15, 0.2) is 5.38 Å². The highest BCUT2D eigenvalue weighted by Crippen LogP contribution is 2.24. The molecule has 1 saturated heterocycles. The van der Waals surface area contributed by atoms with Crippen molar-refractivity contribution in [2.45, 2.75) is 11.9 Å². The number of carbonyl (C=O) groups excluding carboxylic acids is 2. The fourth-order valence-electron chi connectivity index (χ4n) is 2.28. The van der Waals surface area contributed by atoms with Gasteiger partial charge in [0, 0.05) is 0 Å². The molecule has 110 valence electrons. The largest absolute Gasteiger partial charge is 0.281 e. The fraction of sp³-hybridized carbons (Fsp3) is 0.118. The number of nitrogens with zero attached hydrogens (tertiary/aromatic N) is 2. The van der Waals surface area contributed by atoms with E-state index >= 15 is 0 Å². The molecule has 1 atom stereocenters. The topological polar surface area (TPSA) is 49.7 Å². The summed E-state index contributed by atoms with van der Waals surface area (Å²) in [6, 6.07) is 18.2. The number of hydrogen-bond acceptors (Lipinski definition) is 3. The quantitative estimate of drug-likeness (QED) is 0.646. The molecule has 2 aromatic rings. The van der Waals surface area contributed by atoms with E-state index in [1.165, 1.54) is 0 Å². The Balaban J connectivity index is 1.87. The van der Waals surface area contributed by atoms with Gasteiger partial charge in [-0.2, -0.15) is 0 Å². The predicted molar refractivity (Wildman–Crippen MR) is 86.2 cm³/mol. The van der Waals surface area contributed by atoms with Crippen LogP contribution < -0.4 is 4.90 Å². The smallest absolute Gasteiger partial charge is 0.277 e. The zero-order chi connectivity index (χ0) is 15.5. The number of hydrogen-bond donors (Lipinski definition) is 0. The lowest BCUT2D eigenvalue weighted by Gasteiger charge is -2.12. The number of halogens is 1. The molecule has 0 radical (unpaired) electrons. The fourth-order valence-corrected chi connectivity index (χ4v) is 2.54. The van der Waals surface area contributed by atoms with Crippen molar-refractivity contribution < 1.29 is 9.59 Å². The van der Waals surface area contributed by atoms with E-state index in [0.29, 0.717) is 12.2 Å². The second-order valence-electron chi connectivity index (χ2n) is 4.86. The van der Waals surface area contributed by atoms with Crippen LogP contribution in [-0.4, -0.2) is 22.9 Å². The molecule has 22 heavy (non-hydrogen) atoms. The Hall–Kier alpha value is -2.46. The van der Waals surface area contributed by atoms with E-state index < -0.39 is 17.2 Å². The molecule has 1 heterocycles. The summed E-state index contributed by atoms with van der Waals surface area (Å²) in [6.45, 7) is 0.320. The number of aliphatic imine (C=N–C) groups is 1. The number of benzene rings is 2. The first-order valence-corrected chi connectivity index (χ1v) is 7.28. The maximum absolute atomic E-state index is 12.4. The number of rotatable bonds is 3. The number of para-hydroxylation sites is 1. The van der Waals surface area contributed by atoms with Gasteiger partial charge >= 0.3 is 0 Å². The van der Waals surface area contributed by atoms with Gasteiger partial charge in [0.1, 0.15) is 5.71 Å². The molecule has 2 aromatic carbocycles. The lowest BCUT2D eigenvalue weighted by molar-refractivity contribution is -0.120. The van der Waals surface area contributed by atoms with Crippen LogP contribution in [0.25, 0.3) is 0 Å². The molecule has 5 heteroatoms. The lowest BCUT2D eigenvalue weighted by Crippen LogP contribution is -2.31. The van der Waals surface area contributed by atoms with Crippen molar-refractivity contribution in [2.75, 3.05) is 4.90 Å². The van der Waals surface area contributed by atoms with Crippen LogP contribution in [0.3, 0.4) is 0 Å². The summed E-state index contributed by atoms with van der Waals surface area (Å²) < 4.78 is 0. The molecule has 1 unspecified atom stereocenters. The number of amides is 2. The molecule has 0 aromatic heterocycles. The van der Waals surface area contributed by atoms with Gasteiger partial charge in [-0.25, -0.2) is 4.90 Å². The third-order valence-electron chi connectivity index (χ3n) is 3.39. The van der Waals surface area contributed by atoms with Crippen LogP contribution in [0.4, 0.5) is 5.69 Å². The van der Waals surface area contributed by atoms with E-state index in [0.717, 1.165) is 10.5 Å². The van der Waals surface area contributed by atoms with Crippen LogP contribution in [0.1, 0.15) is 5.56 Å². The molecule has 0 saturated carbocycles. The minimum Gasteiger partial charge on any atom is -0.277 e. The maximum Gasteiger partial charge on any atom is 0.281 e. The third-order valence-corrected chi connectivity index (χ3v) is 3.78. The van der Waals surface area contributed by atoms with Crippen molar-refractivity contribution in [1.29, 1.82) is 0 Å². The third kappa shape index (κ3) is 2.65. The van der Waals surface area contributed by atoms with Gasteiger partial charge in [0.2, 0.25) is 0 Å². The minimum atomic E-state index is -1.03. The van der Waals surface area contributed by atoms with Gasteiger partial charge in [-0.15, -0.1) is 11.6 Å². The van der Waals surface area contributed by atoms with Crippen LogP contribution in [0.15, 0.2) is 65.7 Å². The van der Waals surface area contributed by atoms with Gasteiger partial charge in [0.25, 0.3) is 11.8 Å². The first-order valence-electron chi connectivity index (χ1n) is 6.84. The van der Waals surface area contributed by atoms with Crippen LogP contribution in [0.2, 0.25) is 0 Å². The average molecular weight is 313 g/mol. The summed E-state index contributed by atoms with van der Waals surface area (Å²) in [7, 11) is 0. The molecule has 1 aliphatic heterocycles. The predicted octanol–water partition coefficient (Wildman–Crippen LogP) is 2.81. The van der Waals surface area contributed by atoms with Crippen LogP contribution >= 0.6 is 11.6 Å². The Morgan fingerprint density at radius 2 is 1.55 bits per heavy atom. The van der Waals surface area contributed by atoms with Crippen LogP contribution in [-0.2, 0) is 16.1 Å². The van der Waals surface area contributed by atoms with Gasteiger partial charge in [-0.1, -0.05) is 48.5 Å². The van der Waals surface area contributed by atoms with Crippen molar-refractivity contribution in [3.63, 3.8) is 0 Å². The molecule has 3 rings (SSSR count). The van der Waals surface area contributed by atoms with E-state index in [9.17, 15) is 9.59 Å². The molecule has 2 amide bonds. The molecule has 0 N–H and O–H groups in total. The van der Waals surface area contributed by atoms with Crippen molar-refractivity contribution in [3.05, 3.63) is 66.2 Å². The summed E-state index contributed by atoms with van der Waals surface area (Å²) in [5.74, 6) is -0.906. The van der Waals surface area contributed by atoms with Gasteiger partial charge < -0.3 is 0 Å². The van der Waals surface area contributed by atoms with E-state index in [-0.39, 0.29) is 5.71 Å². The monoisotopic (exact) mass is 312 g/mol. The second-order valence-corrected chi connectivity index (χ2v) is 5.30. The van der Waals surface area contributed by atoms with Crippen LogP contribution in [0.5, 0.6) is 0 Å². The zero-order valence-corrected chi connectivity index (χ0v) is 12.4. The molecule has 1 fully saturated rings. The molecule has 1 aliphatic rings. The standard InChI is InChI=1S/C17H13ClN2O2/c18-14-15(19-11-12-7-3-1-4-8-12)17(22)20(16(14)21)13-9-5-2-6-10-13/h1-10,14H,11H2. The summed E-state index contributed by atoms with van der Waals surface area (Å²) in [5.41, 5.74) is 1.56. The Labute approximate surface area is 133 Å². The van der Waals surface area contributed by atoms with Crippen molar-refractivity contribution in [2.24, 2.45) is 4.99 Å². The Morgan fingerprint density at radius 3 is 2.18 bits per heavy atom. The zero-order valence-electron chi connectivity index (χ0n) is 11.6. The highest BCUT2D eigenvalue weighted by atomic mass is 35.5. The lowest BCUT2D eigenvalue weighted by atomic mass is 10.2. The summed E-state index contributed by atoms with van der Waals surface area (Å²) in [5, 5.41) is -1.03. The molecular weight excluding hydrogens is 300 g/mol. The van der Waals surface area contributed by atoms with Crippen molar-refractivity contribution in [1.82, 2.24) is 0 Å². The van der Waals surface area contributed by atoms with Gasteiger partial charge in [-0.05, 0) is 17.7 Å². The number of alkyl halides is 1. The van der Waals surface area contributed by atoms with Crippen LogP contribution in [0, 0.1) is 0 Å². The highest BCUT2D eigenvalue weighted by molar-refractivity contribution is 6.68. The molecular formula is C17H13ClN2O2.